The summed E-state index contributed by atoms with van der Waals surface area (Å²) >= 11 is 0. The minimum Gasteiger partial charge on any atom is -0.392 e. The SMILES string of the molecule is C/C(=C\CO)C/C=C/C(C)C. The molecule has 0 radical (unpaired) electrons. The maximum absolute atomic E-state index is 8.54. The second kappa shape index (κ2) is 6.17. The van der Waals surface area contributed by atoms with Gasteiger partial charge in [-0.3, -0.25) is 0 Å². The molecule has 0 heterocycles. The van der Waals surface area contributed by atoms with E-state index >= 15 is 0 Å². The highest BCUT2D eigenvalue weighted by molar-refractivity contribution is 5.04. The topological polar surface area (TPSA) is 20.2 Å². The predicted octanol–water partition coefficient (Wildman–Crippen LogP) is 2.53. The van der Waals surface area contributed by atoms with Gasteiger partial charge in [0, 0.05) is 0 Å². The molecule has 0 spiro atoms. The number of rotatable bonds is 4. The van der Waals surface area contributed by atoms with Crippen molar-refractivity contribution in [1.29, 1.82) is 0 Å². The maximum atomic E-state index is 8.54. The maximum Gasteiger partial charge on any atom is 0.0615 e. The molecule has 0 aliphatic carbocycles. The average molecular weight is 154 g/mol. The van der Waals surface area contributed by atoms with Gasteiger partial charge in [-0.1, -0.05) is 37.6 Å². The van der Waals surface area contributed by atoms with Crippen LogP contribution in [0.5, 0.6) is 0 Å². The molecular formula is C10H18O. The minimum atomic E-state index is 0.154. The number of aliphatic hydroxyl groups excluding tert-OH is 1. The average Bonchev–Trinajstić information content (AvgIpc) is 1.87. The summed E-state index contributed by atoms with van der Waals surface area (Å²) in [5, 5.41) is 8.54. The van der Waals surface area contributed by atoms with Gasteiger partial charge in [0.2, 0.25) is 0 Å². The summed E-state index contributed by atoms with van der Waals surface area (Å²) in [6, 6.07) is 0. The highest BCUT2D eigenvalue weighted by atomic mass is 16.2. The van der Waals surface area contributed by atoms with Crippen molar-refractivity contribution < 1.29 is 5.11 Å². The molecule has 1 N–H and O–H groups in total. The highest BCUT2D eigenvalue weighted by Gasteiger charge is 1.85. The molecule has 0 aliphatic rings. The fraction of sp³-hybridized carbons (Fsp3) is 0.600. The Bertz CT molecular complexity index is 143. The quantitative estimate of drug-likeness (QED) is 0.617. The van der Waals surface area contributed by atoms with E-state index in [-0.39, 0.29) is 6.61 Å². The third kappa shape index (κ3) is 7.34. The van der Waals surface area contributed by atoms with Gasteiger partial charge in [-0.05, 0) is 19.3 Å². The van der Waals surface area contributed by atoms with E-state index in [4.69, 9.17) is 5.11 Å². The molecule has 0 saturated heterocycles. The molecule has 0 atom stereocenters. The van der Waals surface area contributed by atoms with E-state index in [9.17, 15) is 0 Å². The zero-order chi connectivity index (χ0) is 8.69. The summed E-state index contributed by atoms with van der Waals surface area (Å²) in [5.74, 6) is 0.622. The molecular weight excluding hydrogens is 136 g/mol. The first-order chi connectivity index (χ1) is 5.16. The lowest BCUT2D eigenvalue weighted by molar-refractivity contribution is 0.341. The minimum absolute atomic E-state index is 0.154. The fourth-order valence-corrected chi connectivity index (χ4v) is 0.765. The van der Waals surface area contributed by atoms with Crippen molar-refractivity contribution in [3.8, 4) is 0 Å². The van der Waals surface area contributed by atoms with Crippen molar-refractivity contribution in [1.82, 2.24) is 0 Å². The normalized spacial score (nSPS) is 13.4. The summed E-state index contributed by atoms with van der Waals surface area (Å²) in [4.78, 5) is 0. The second-order valence-corrected chi connectivity index (χ2v) is 3.11. The largest absolute Gasteiger partial charge is 0.392 e. The van der Waals surface area contributed by atoms with E-state index in [1.807, 2.05) is 13.0 Å². The van der Waals surface area contributed by atoms with Crippen LogP contribution in [0.2, 0.25) is 0 Å². The van der Waals surface area contributed by atoms with Crippen LogP contribution in [0.15, 0.2) is 23.8 Å². The van der Waals surface area contributed by atoms with Gasteiger partial charge in [0.25, 0.3) is 0 Å². The Balaban J connectivity index is 3.61. The summed E-state index contributed by atoms with van der Waals surface area (Å²) in [6.45, 7) is 6.49. The lowest BCUT2D eigenvalue weighted by Gasteiger charge is -1.95. The molecule has 0 amide bonds. The van der Waals surface area contributed by atoms with E-state index in [2.05, 4.69) is 26.0 Å². The van der Waals surface area contributed by atoms with Crippen molar-refractivity contribution in [2.75, 3.05) is 6.61 Å². The van der Waals surface area contributed by atoms with Gasteiger partial charge in [-0.25, -0.2) is 0 Å². The molecule has 64 valence electrons. The van der Waals surface area contributed by atoms with Crippen LogP contribution in [0.4, 0.5) is 0 Å². The van der Waals surface area contributed by atoms with Crippen LogP contribution < -0.4 is 0 Å². The Kier molecular flexibility index (Phi) is 5.86. The first-order valence-electron chi connectivity index (χ1n) is 4.10. The van der Waals surface area contributed by atoms with Crippen LogP contribution in [-0.4, -0.2) is 11.7 Å². The molecule has 0 saturated carbocycles. The van der Waals surface area contributed by atoms with Gasteiger partial charge in [-0.15, -0.1) is 0 Å². The number of hydrogen-bond acceptors (Lipinski definition) is 1. The molecule has 0 aromatic heterocycles. The Hall–Kier alpha value is -0.560. The van der Waals surface area contributed by atoms with Gasteiger partial charge < -0.3 is 5.11 Å². The molecule has 0 aromatic rings. The molecule has 11 heavy (non-hydrogen) atoms. The molecule has 0 bridgehead atoms. The molecule has 0 rings (SSSR count). The number of hydrogen-bond donors (Lipinski definition) is 1. The molecule has 0 unspecified atom stereocenters. The van der Waals surface area contributed by atoms with Crippen LogP contribution in [0.3, 0.4) is 0 Å². The predicted molar refractivity (Wildman–Crippen MR) is 49.4 cm³/mol. The van der Waals surface area contributed by atoms with Crippen molar-refractivity contribution in [3.05, 3.63) is 23.8 Å². The van der Waals surface area contributed by atoms with Crippen LogP contribution in [-0.2, 0) is 0 Å². The molecule has 0 aromatic carbocycles. The van der Waals surface area contributed by atoms with Crippen molar-refractivity contribution >= 4 is 0 Å². The zero-order valence-electron chi connectivity index (χ0n) is 7.67. The van der Waals surface area contributed by atoms with Gasteiger partial charge in [0.05, 0.1) is 6.61 Å². The Labute approximate surface area is 69.4 Å². The van der Waals surface area contributed by atoms with Crippen molar-refractivity contribution in [3.63, 3.8) is 0 Å². The number of allylic oxidation sites excluding steroid dienone is 3. The van der Waals surface area contributed by atoms with E-state index in [0.717, 1.165) is 6.42 Å². The van der Waals surface area contributed by atoms with E-state index < -0.39 is 0 Å². The van der Waals surface area contributed by atoms with Crippen LogP contribution >= 0.6 is 0 Å². The lowest BCUT2D eigenvalue weighted by atomic mass is 10.1. The van der Waals surface area contributed by atoms with Gasteiger partial charge in [-0.2, -0.15) is 0 Å². The van der Waals surface area contributed by atoms with Gasteiger partial charge >= 0.3 is 0 Å². The first kappa shape index (κ1) is 10.4. The molecule has 0 fully saturated rings. The summed E-state index contributed by atoms with van der Waals surface area (Å²) in [7, 11) is 0. The van der Waals surface area contributed by atoms with E-state index in [1.165, 1.54) is 5.57 Å². The molecule has 1 heteroatoms. The summed E-state index contributed by atoms with van der Waals surface area (Å²) in [6.07, 6.45) is 7.12. The first-order valence-corrected chi connectivity index (χ1v) is 4.10. The Morgan fingerprint density at radius 2 is 2.09 bits per heavy atom. The van der Waals surface area contributed by atoms with Crippen molar-refractivity contribution in [2.45, 2.75) is 27.2 Å². The van der Waals surface area contributed by atoms with Gasteiger partial charge in [0.1, 0.15) is 0 Å². The fourth-order valence-electron chi connectivity index (χ4n) is 0.765. The van der Waals surface area contributed by atoms with Crippen LogP contribution in [0, 0.1) is 5.92 Å². The third-order valence-corrected chi connectivity index (χ3v) is 1.40. The monoisotopic (exact) mass is 154 g/mol. The van der Waals surface area contributed by atoms with Gasteiger partial charge in [0.15, 0.2) is 0 Å². The lowest BCUT2D eigenvalue weighted by Crippen LogP contribution is -1.80. The Morgan fingerprint density at radius 1 is 1.45 bits per heavy atom. The van der Waals surface area contributed by atoms with E-state index in [0.29, 0.717) is 5.92 Å². The molecule has 0 aliphatic heterocycles. The smallest absolute Gasteiger partial charge is 0.0615 e. The zero-order valence-corrected chi connectivity index (χ0v) is 7.67. The van der Waals surface area contributed by atoms with E-state index in [1.54, 1.807) is 0 Å². The standard InChI is InChI=1S/C10H18O/c1-9(2)5-4-6-10(3)7-8-11/h4-5,7,9,11H,6,8H2,1-3H3/b5-4+,10-7+. The second-order valence-electron chi connectivity index (χ2n) is 3.11. The summed E-state index contributed by atoms with van der Waals surface area (Å²) in [5.41, 5.74) is 1.23. The number of aliphatic hydroxyl groups is 1. The third-order valence-electron chi connectivity index (χ3n) is 1.40. The molecule has 1 nitrogen and oxygen atoms in total. The van der Waals surface area contributed by atoms with Crippen LogP contribution in [0.1, 0.15) is 27.2 Å². The van der Waals surface area contributed by atoms with Crippen molar-refractivity contribution in [2.24, 2.45) is 5.92 Å². The Morgan fingerprint density at radius 3 is 2.55 bits per heavy atom. The highest BCUT2D eigenvalue weighted by Crippen LogP contribution is 2.02. The van der Waals surface area contributed by atoms with Crippen LogP contribution in [0.25, 0.3) is 0 Å². The summed E-state index contributed by atoms with van der Waals surface area (Å²) < 4.78 is 0.